The van der Waals surface area contributed by atoms with E-state index in [1.165, 1.54) is 4.57 Å². The van der Waals surface area contributed by atoms with Gasteiger partial charge < -0.3 is 19.7 Å². The van der Waals surface area contributed by atoms with Crippen LogP contribution in [0.25, 0.3) is 11.1 Å². The molecule has 0 radical (unpaired) electrons. The number of nitrogens with one attached hydrogen (secondary N) is 2. The molecule has 0 aliphatic heterocycles. The Kier molecular flexibility index (Phi) is 4.87. The summed E-state index contributed by atoms with van der Waals surface area (Å²) in [5, 5.41) is 12.7. The lowest BCUT2D eigenvalue weighted by molar-refractivity contribution is 0.111. The van der Waals surface area contributed by atoms with E-state index in [0.717, 1.165) is 16.8 Å². The standard InChI is InChI=1S/C17H25N3O3S/c1-17(2,22)18-15-10-13(11-20(3)16(15)21)12-7-6-8-14(9-12)19-24(4,5)23/h6-11,18,22,24H,1-5H3,(H,19,23). The van der Waals surface area contributed by atoms with Crippen LogP contribution in [-0.4, -0.2) is 32.1 Å². The maximum Gasteiger partial charge on any atom is 0.273 e. The second-order valence-corrected chi connectivity index (χ2v) is 9.71. The second kappa shape index (κ2) is 6.41. The Hall–Kier alpha value is -2.12. The van der Waals surface area contributed by atoms with E-state index in [4.69, 9.17) is 0 Å². The summed E-state index contributed by atoms with van der Waals surface area (Å²) >= 11 is 0. The fourth-order valence-electron chi connectivity index (χ4n) is 2.37. The van der Waals surface area contributed by atoms with Gasteiger partial charge in [0.25, 0.3) is 5.56 Å². The lowest BCUT2D eigenvalue weighted by atomic mass is 10.1. The number of anilines is 2. The molecular weight excluding hydrogens is 326 g/mol. The number of thiol groups is 1. The van der Waals surface area contributed by atoms with Crippen LogP contribution in [0.1, 0.15) is 13.8 Å². The summed E-state index contributed by atoms with van der Waals surface area (Å²) in [5.41, 5.74) is 1.34. The van der Waals surface area contributed by atoms with Crippen molar-refractivity contribution in [3.05, 3.63) is 46.9 Å². The highest BCUT2D eigenvalue weighted by Crippen LogP contribution is 2.25. The maximum absolute atomic E-state index is 12.2. The first-order chi connectivity index (χ1) is 10.9. The fourth-order valence-corrected chi connectivity index (χ4v) is 3.13. The van der Waals surface area contributed by atoms with Gasteiger partial charge in [-0.15, -0.1) is 0 Å². The number of nitrogens with zero attached hydrogens (tertiary/aromatic N) is 1. The number of pyridine rings is 1. The summed E-state index contributed by atoms with van der Waals surface area (Å²) in [4.78, 5) is 12.2. The van der Waals surface area contributed by atoms with Gasteiger partial charge in [0.1, 0.15) is 11.4 Å². The summed E-state index contributed by atoms with van der Waals surface area (Å²) in [5.74, 6) is 0. The molecule has 0 spiro atoms. The van der Waals surface area contributed by atoms with Crippen molar-refractivity contribution in [2.45, 2.75) is 19.6 Å². The molecule has 0 atom stereocenters. The van der Waals surface area contributed by atoms with Crippen molar-refractivity contribution in [2.75, 3.05) is 22.6 Å². The topological polar surface area (TPSA) is 83.4 Å². The summed E-state index contributed by atoms with van der Waals surface area (Å²) in [6, 6.07) is 9.21. The number of aromatic nitrogens is 1. The highest BCUT2D eigenvalue weighted by Gasteiger charge is 2.15. The van der Waals surface area contributed by atoms with E-state index < -0.39 is 15.8 Å². The quantitative estimate of drug-likeness (QED) is 0.489. The Morgan fingerprint density at radius 3 is 2.42 bits per heavy atom. The number of hydrogen-bond donors (Lipinski definition) is 4. The van der Waals surface area contributed by atoms with E-state index in [2.05, 4.69) is 10.0 Å². The summed E-state index contributed by atoms with van der Waals surface area (Å²) in [6.45, 7) is 3.15. The molecule has 0 amide bonds. The zero-order valence-electron chi connectivity index (χ0n) is 14.6. The molecule has 2 aromatic rings. The zero-order valence-corrected chi connectivity index (χ0v) is 15.5. The van der Waals surface area contributed by atoms with Crippen molar-refractivity contribution in [1.82, 2.24) is 4.57 Å². The molecule has 0 saturated heterocycles. The molecule has 3 N–H and O–H groups in total. The van der Waals surface area contributed by atoms with Gasteiger partial charge in [-0.2, -0.15) is 0 Å². The molecule has 0 bridgehead atoms. The zero-order chi connectivity index (χ0) is 18.1. The number of aliphatic hydroxyl groups is 1. The number of hydrogen-bond acceptors (Lipinski definition) is 4. The summed E-state index contributed by atoms with van der Waals surface area (Å²) < 4.78 is 16.4. The minimum Gasteiger partial charge on any atom is -0.372 e. The first-order valence-electron chi connectivity index (χ1n) is 7.59. The Morgan fingerprint density at radius 1 is 1.17 bits per heavy atom. The van der Waals surface area contributed by atoms with Crippen molar-refractivity contribution in [2.24, 2.45) is 7.05 Å². The van der Waals surface area contributed by atoms with Gasteiger partial charge in [0, 0.05) is 37.0 Å². The van der Waals surface area contributed by atoms with Gasteiger partial charge >= 0.3 is 0 Å². The van der Waals surface area contributed by atoms with Crippen LogP contribution >= 0.6 is 0 Å². The Balaban J connectivity index is 2.48. The van der Waals surface area contributed by atoms with E-state index in [9.17, 15) is 14.1 Å². The molecule has 0 fully saturated rings. The minimum atomic E-state index is -2.40. The van der Waals surface area contributed by atoms with Crippen molar-refractivity contribution in [3.63, 3.8) is 0 Å². The average Bonchev–Trinajstić information content (AvgIpc) is 2.40. The SMILES string of the molecule is Cn1cc(-c2cccc(N[SH](C)(C)=O)c2)cc(NC(C)(C)O)c1=O. The minimum absolute atomic E-state index is 0.221. The first-order valence-corrected chi connectivity index (χ1v) is 10.2. The average molecular weight is 351 g/mol. The van der Waals surface area contributed by atoms with E-state index in [0.29, 0.717) is 5.69 Å². The predicted octanol–water partition coefficient (Wildman–Crippen LogP) is 1.80. The van der Waals surface area contributed by atoms with Crippen LogP contribution in [0.2, 0.25) is 0 Å². The highest BCUT2D eigenvalue weighted by molar-refractivity contribution is 8.02. The number of rotatable bonds is 5. The summed E-state index contributed by atoms with van der Waals surface area (Å²) in [7, 11) is -0.742. The van der Waals surface area contributed by atoms with Gasteiger partial charge in [0.15, 0.2) is 0 Å². The van der Waals surface area contributed by atoms with Crippen molar-refractivity contribution in [1.29, 1.82) is 0 Å². The van der Waals surface area contributed by atoms with Crippen molar-refractivity contribution >= 4 is 21.5 Å². The van der Waals surface area contributed by atoms with E-state index in [-0.39, 0.29) is 5.56 Å². The van der Waals surface area contributed by atoms with Gasteiger partial charge in [-0.1, -0.05) is 12.1 Å². The lowest BCUT2D eigenvalue weighted by Crippen LogP contribution is -2.34. The van der Waals surface area contributed by atoms with Crippen LogP contribution in [0.5, 0.6) is 0 Å². The van der Waals surface area contributed by atoms with E-state index >= 15 is 0 Å². The van der Waals surface area contributed by atoms with Crippen molar-refractivity contribution in [3.8, 4) is 11.1 Å². The Morgan fingerprint density at radius 2 is 1.83 bits per heavy atom. The third kappa shape index (κ3) is 4.94. The molecule has 0 unspecified atom stereocenters. The fraction of sp³-hybridized carbons (Fsp3) is 0.353. The molecule has 6 nitrogen and oxygen atoms in total. The molecule has 0 aliphatic carbocycles. The van der Waals surface area contributed by atoms with Crippen LogP contribution in [0.15, 0.2) is 41.3 Å². The first kappa shape index (κ1) is 18.2. The highest BCUT2D eigenvalue weighted by atomic mass is 32.3. The van der Waals surface area contributed by atoms with Gasteiger partial charge in [-0.05, 0) is 47.7 Å². The Bertz CT molecular complexity index is 847. The normalized spacial score (nSPS) is 12.8. The predicted molar refractivity (Wildman–Crippen MR) is 102 cm³/mol. The van der Waals surface area contributed by atoms with Crippen LogP contribution in [0.4, 0.5) is 11.4 Å². The smallest absolute Gasteiger partial charge is 0.273 e. The summed E-state index contributed by atoms with van der Waals surface area (Å²) in [6.07, 6.45) is 5.06. The monoisotopic (exact) mass is 351 g/mol. The van der Waals surface area contributed by atoms with Gasteiger partial charge in [0.05, 0.1) is 0 Å². The molecular formula is C17H25N3O3S. The van der Waals surface area contributed by atoms with Crippen LogP contribution < -0.4 is 15.6 Å². The van der Waals surface area contributed by atoms with E-state index in [1.54, 1.807) is 45.7 Å². The number of benzene rings is 1. The van der Waals surface area contributed by atoms with Crippen LogP contribution in [0.3, 0.4) is 0 Å². The Labute approximate surface area is 143 Å². The molecule has 7 heteroatoms. The molecule has 2 rings (SSSR count). The van der Waals surface area contributed by atoms with Gasteiger partial charge in [-0.3, -0.25) is 9.00 Å². The van der Waals surface area contributed by atoms with Crippen LogP contribution in [-0.2, 0) is 17.2 Å². The van der Waals surface area contributed by atoms with E-state index in [1.807, 2.05) is 24.3 Å². The molecule has 132 valence electrons. The molecule has 1 heterocycles. The third-order valence-electron chi connectivity index (χ3n) is 3.22. The maximum atomic E-state index is 12.2. The van der Waals surface area contributed by atoms with Gasteiger partial charge in [-0.25, -0.2) is 0 Å². The van der Waals surface area contributed by atoms with Crippen LogP contribution in [0, 0.1) is 0 Å². The molecule has 1 aromatic carbocycles. The van der Waals surface area contributed by atoms with Crippen molar-refractivity contribution < 1.29 is 9.32 Å². The second-order valence-electron chi connectivity index (χ2n) is 6.79. The largest absolute Gasteiger partial charge is 0.372 e. The molecule has 24 heavy (non-hydrogen) atoms. The third-order valence-corrected chi connectivity index (χ3v) is 4.01. The molecule has 1 aromatic heterocycles. The molecule has 0 saturated carbocycles. The van der Waals surface area contributed by atoms with Gasteiger partial charge in [0.2, 0.25) is 0 Å². The number of aryl methyl sites for hydroxylation is 1. The molecule has 0 aliphatic rings. The lowest BCUT2D eigenvalue weighted by Gasteiger charge is -2.21.